The number of nitrogens with one attached hydrogen (secondary N) is 1. The van der Waals surface area contributed by atoms with Crippen LogP contribution in [0, 0.1) is 5.92 Å². The van der Waals surface area contributed by atoms with Crippen molar-refractivity contribution >= 4 is 0 Å². The molecule has 17 heavy (non-hydrogen) atoms. The number of rotatable bonds is 11. The highest BCUT2D eigenvalue weighted by Crippen LogP contribution is 2.29. The summed E-state index contributed by atoms with van der Waals surface area (Å²) in [6, 6.07) is 0.671. The Morgan fingerprint density at radius 1 is 1.24 bits per heavy atom. The molecule has 1 aliphatic carbocycles. The van der Waals surface area contributed by atoms with Gasteiger partial charge in [-0.15, -0.1) is 0 Å². The van der Waals surface area contributed by atoms with E-state index < -0.39 is 0 Å². The van der Waals surface area contributed by atoms with Crippen LogP contribution in [0.4, 0.5) is 0 Å². The summed E-state index contributed by atoms with van der Waals surface area (Å²) in [6.07, 6.45) is 10.7. The lowest BCUT2D eigenvalue weighted by atomic mass is 9.83. The standard InChI is InChI=1S/C15H31NO/c1-3-11-16-14(2)7-4-5-12-17-13-10-15-8-6-9-15/h14-16H,3-13H2,1-2H3. The maximum atomic E-state index is 5.68. The Morgan fingerprint density at radius 2 is 2.06 bits per heavy atom. The molecule has 2 nitrogen and oxygen atoms in total. The molecule has 0 amide bonds. The van der Waals surface area contributed by atoms with Crippen LogP contribution in [0.5, 0.6) is 0 Å². The van der Waals surface area contributed by atoms with Gasteiger partial charge in [-0.3, -0.25) is 0 Å². The van der Waals surface area contributed by atoms with Gasteiger partial charge < -0.3 is 10.1 Å². The molecule has 0 heterocycles. The highest BCUT2D eigenvalue weighted by atomic mass is 16.5. The van der Waals surface area contributed by atoms with Crippen molar-refractivity contribution in [1.82, 2.24) is 5.32 Å². The first-order valence-corrected chi connectivity index (χ1v) is 7.64. The van der Waals surface area contributed by atoms with Crippen LogP contribution >= 0.6 is 0 Å². The minimum Gasteiger partial charge on any atom is -0.381 e. The fourth-order valence-electron chi connectivity index (χ4n) is 2.28. The van der Waals surface area contributed by atoms with E-state index in [1.807, 2.05) is 0 Å². The predicted molar refractivity (Wildman–Crippen MR) is 74.4 cm³/mol. The fourth-order valence-corrected chi connectivity index (χ4v) is 2.28. The third-order valence-corrected chi connectivity index (χ3v) is 3.81. The number of unbranched alkanes of at least 4 members (excludes halogenated alkanes) is 1. The van der Waals surface area contributed by atoms with Crippen LogP contribution in [0.25, 0.3) is 0 Å². The van der Waals surface area contributed by atoms with E-state index in [0.29, 0.717) is 6.04 Å². The Kier molecular flexibility index (Phi) is 8.72. The van der Waals surface area contributed by atoms with Gasteiger partial charge >= 0.3 is 0 Å². The van der Waals surface area contributed by atoms with Gasteiger partial charge in [-0.2, -0.15) is 0 Å². The highest BCUT2D eigenvalue weighted by molar-refractivity contribution is 4.68. The second-order valence-electron chi connectivity index (χ2n) is 5.55. The van der Waals surface area contributed by atoms with E-state index in [2.05, 4.69) is 19.2 Å². The molecule has 0 aromatic heterocycles. The molecule has 1 atom stereocenters. The molecule has 1 fully saturated rings. The van der Waals surface area contributed by atoms with E-state index >= 15 is 0 Å². The molecule has 1 rings (SSSR count). The van der Waals surface area contributed by atoms with Crippen LogP contribution < -0.4 is 5.32 Å². The lowest BCUT2D eigenvalue weighted by Gasteiger charge is -2.24. The Labute approximate surface area is 108 Å². The molecule has 0 bridgehead atoms. The zero-order valence-electron chi connectivity index (χ0n) is 11.8. The smallest absolute Gasteiger partial charge is 0.0468 e. The zero-order valence-corrected chi connectivity index (χ0v) is 11.8. The molecule has 0 aromatic rings. The largest absolute Gasteiger partial charge is 0.381 e. The molecule has 0 radical (unpaired) electrons. The van der Waals surface area contributed by atoms with Crippen molar-refractivity contribution in [2.75, 3.05) is 19.8 Å². The van der Waals surface area contributed by atoms with Gasteiger partial charge in [0.05, 0.1) is 0 Å². The molecule has 0 aromatic carbocycles. The maximum absolute atomic E-state index is 5.68. The molecular weight excluding hydrogens is 210 g/mol. The molecule has 0 saturated heterocycles. The summed E-state index contributed by atoms with van der Waals surface area (Å²) in [6.45, 7) is 7.61. The summed E-state index contributed by atoms with van der Waals surface area (Å²) in [7, 11) is 0. The predicted octanol–water partition coefficient (Wildman–Crippen LogP) is 3.75. The van der Waals surface area contributed by atoms with E-state index in [-0.39, 0.29) is 0 Å². The normalized spacial score (nSPS) is 18.0. The van der Waals surface area contributed by atoms with Crippen molar-refractivity contribution in [3.05, 3.63) is 0 Å². The summed E-state index contributed by atoms with van der Waals surface area (Å²) in [5, 5.41) is 3.52. The van der Waals surface area contributed by atoms with Crippen molar-refractivity contribution < 1.29 is 4.74 Å². The van der Waals surface area contributed by atoms with Crippen LogP contribution in [-0.4, -0.2) is 25.8 Å². The lowest BCUT2D eigenvalue weighted by Crippen LogP contribution is -2.26. The van der Waals surface area contributed by atoms with Gasteiger partial charge in [0.1, 0.15) is 0 Å². The van der Waals surface area contributed by atoms with Crippen LogP contribution in [0.2, 0.25) is 0 Å². The maximum Gasteiger partial charge on any atom is 0.0468 e. The summed E-state index contributed by atoms with van der Waals surface area (Å²) < 4.78 is 5.68. The molecule has 1 unspecified atom stereocenters. The second-order valence-corrected chi connectivity index (χ2v) is 5.55. The van der Waals surface area contributed by atoms with Crippen molar-refractivity contribution in [2.45, 2.75) is 71.3 Å². The monoisotopic (exact) mass is 241 g/mol. The zero-order chi connectivity index (χ0) is 12.3. The minimum absolute atomic E-state index is 0.671. The Bertz CT molecular complexity index is 168. The third kappa shape index (κ3) is 7.77. The molecule has 0 spiro atoms. The van der Waals surface area contributed by atoms with Gasteiger partial charge in [0, 0.05) is 19.3 Å². The lowest BCUT2D eigenvalue weighted by molar-refractivity contribution is 0.103. The average molecular weight is 241 g/mol. The molecular formula is C15H31NO. The summed E-state index contributed by atoms with van der Waals surface area (Å²) in [5.41, 5.74) is 0. The van der Waals surface area contributed by atoms with Crippen LogP contribution in [0.15, 0.2) is 0 Å². The molecule has 102 valence electrons. The first-order valence-electron chi connectivity index (χ1n) is 7.64. The number of hydrogen-bond donors (Lipinski definition) is 1. The van der Waals surface area contributed by atoms with Crippen molar-refractivity contribution in [3.8, 4) is 0 Å². The summed E-state index contributed by atoms with van der Waals surface area (Å²) >= 11 is 0. The Hall–Kier alpha value is -0.0800. The van der Waals surface area contributed by atoms with Gasteiger partial charge in [0.15, 0.2) is 0 Å². The van der Waals surface area contributed by atoms with E-state index in [0.717, 1.165) is 25.7 Å². The van der Waals surface area contributed by atoms with Gasteiger partial charge in [-0.1, -0.05) is 26.2 Å². The van der Waals surface area contributed by atoms with Crippen LogP contribution in [-0.2, 0) is 4.74 Å². The van der Waals surface area contributed by atoms with Gasteiger partial charge in [0.2, 0.25) is 0 Å². The topological polar surface area (TPSA) is 21.3 Å². The molecule has 1 saturated carbocycles. The van der Waals surface area contributed by atoms with Crippen molar-refractivity contribution in [1.29, 1.82) is 0 Å². The van der Waals surface area contributed by atoms with Crippen LogP contribution in [0.3, 0.4) is 0 Å². The van der Waals surface area contributed by atoms with Crippen molar-refractivity contribution in [3.63, 3.8) is 0 Å². The average Bonchev–Trinajstić information content (AvgIpc) is 2.27. The Balaban J connectivity index is 1.74. The van der Waals surface area contributed by atoms with E-state index in [1.54, 1.807) is 0 Å². The Morgan fingerprint density at radius 3 is 2.71 bits per heavy atom. The second kappa shape index (κ2) is 9.90. The number of hydrogen-bond acceptors (Lipinski definition) is 2. The third-order valence-electron chi connectivity index (χ3n) is 3.81. The molecule has 2 heteroatoms. The first kappa shape index (κ1) is 15.0. The van der Waals surface area contributed by atoms with E-state index in [1.165, 1.54) is 51.4 Å². The van der Waals surface area contributed by atoms with E-state index in [4.69, 9.17) is 4.74 Å². The highest BCUT2D eigenvalue weighted by Gasteiger charge is 2.16. The van der Waals surface area contributed by atoms with Gasteiger partial charge in [0.25, 0.3) is 0 Å². The fraction of sp³-hybridized carbons (Fsp3) is 1.00. The van der Waals surface area contributed by atoms with Gasteiger partial charge in [-0.05, 0) is 51.5 Å². The van der Waals surface area contributed by atoms with Crippen LogP contribution in [0.1, 0.15) is 65.2 Å². The molecule has 1 N–H and O–H groups in total. The molecule has 0 aliphatic heterocycles. The number of ether oxygens (including phenoxy) is 1. The first-order chi connectivity index (χ1) is 8.33. The molecule has 1 aliphatic rings. The van der Waals surface area contributed by atoms with Crippen molar-refractivity contribution in [2.24, 2.45) is 5.92 Å². The van der Waals surface area contributed by atoms with Gasteiger partial charge in [-0.25, -0.2) is 0 Å². The quantitative estimate of drug-likeness (QED) is 0.556. The minimum atomic E-state index is 0.671. The summed E-state index contributed by atoms with van der Waals surface area (Å²) in [4.78, 5) is 0. The van der Waals surface area contributed by atoms with E-state index in [9.17, 15) is 0 Å². The SMILES string of the molecule is CCCNC(C)CCCCOCCC1CCC1. The summed E-state index contributed by atoms with van der Waals surface area (Å²) in [5.74, 6) is 0.994.